The summed E-state index contributed by atoms with van der Waals surface area (Å²) in [4.78, 5) is 10.0. The van der Waals surface area contributed by atoms with Crippen molar-refractivity contribution in [3.05, 3.63) is 47.9 Å². The van der Waals surface area contributed by atoms with Gasteiger partial charge in [-0.1, -0.05) is 31.5 Å². The third kappa shape index (κ3) is 3.74. The van der Waals surface area contributed by atoms with Crippen LogP contribution in [0, 0.1) is 0 Å². The zero-order valence-corrected chi connectivity index (χ0v) is 11.3. The predicted molar refractivity (Wildman–Crippen MR) is 76.4 cm³/mol. The van der Waals surface area contributed by atoms with Crippen LogP contribution in [0.15, 0.2) is 41.3 Å². The number of thioether (sulfide) groups is 1. The maximum Gasteiger partial charge on any atom is 0.141 e. The first-order valence-corrected chi connectivity index (χ1v) is 7.06. The molecule has 0 aliphatic heterocycles. The summed E-state index contributed by atoms with van der Waals surface area (Å²) in [5.41, 5.74) is 6.83. The smallest absolute Gasteiger partial charge is 0.141 e. The van der Waals surface area contributed by atoms with E-state index in [0.29, 0.717) is 5.82 Å². The van der Waals surface area contributed by atoms with Gasteiger partial charge >= 0.3 is 0 Å². The van der Waals surface area contributed by atoms with E-state index in [4.69, 9.17) is 5.73 Å². The number of rotatable bonds is 5. The van der Waals surface area contributed by atoms with Crippen LogP contribution in [-0.2, 0) is 12.2 Å². The molecule has 0 saturated heterocycles. The fraction of sp³-hybridized carbons (Fsp3) is 0.286. The van der Waals surface area contributed by atoms with Crippen molar-refractivity contribution in [3.63, 3.8) is 0 Å². The minimum Gasteiger partial charge on any atom is -0.384 e. The number of nitrogens with zero attached hydrogens (tertiary/aromatic N) is 2. The molecule has 0 bridgehead atoms. The minimum atomic E-state index is 0.567. The summed E-state index contributed by atoms with van der Waals surface area (Å²) < 4.78 is 0. The van der Waals surface area contributed by atoms with Crippen LogP contribution in [0.2, 0.25) is 0 Å². The fourth-order valence-electron chi connectivity index (χ4n) is 1.69. The van der Waals surface area contributed by atoms with Gasteiger partial charge in [0, 0.05) is 16.7 Å². The second-order valence-electron chi connectivity index (χ2n) is 4.05. The molecule has 0 fully saturated rings. The lowest BCUT2D eigenvalue weighted by molar-refractivity contribution is 0.856. The molecular formula is C14H17N3S. The predicted octanol–water partition coefficient (Wildman–Crippen LogP) is 3.30. The van der Waals surface area contributed by atoms with Gasteiger partial charge in [-0.25, -0.2) is 9.97 Å². The molecule has 94 valence electrons. The molecule has 1 aromatic heterocycles. The van der Waals surface area contributed by atoms with Gasteiger partial charge in [-0.3, -0.25) is 0 Å². The third-order valence-electron chi connectivity index (χ3n) is 2.46. The first kappa shape index (κ1) is 12.9. The zero-order chi connectivity index (χ0) is 12.8. The highest BCUT2D eigenvalue weighted by Gasteiger charge is 2.03. The van der Waals surface area contributed by atoms with Crippen molar-refractivity contribution in [2.45, 2.75) is 30.4 Å². The number of anilines is 1. The summed E-state index contributed by atoms with van der Waals surface area (Å²) in [6, 6.07) is 12.1. The molecule has 0 spiro atoms. The van der Waals surface area contributed by atoms with E-state index >= 15 is 0 Å². The number of benzene rings is 1. The maximum atomic E-state index is 5.80. The number of aryl methyl sites for hydroxylation is 1. The van der Waals surface area contributed by atoms with Gasteiger partial charge in [-0.15, -0.1) is 11.8 Å². The first-order valence-electron chi connectivity index (χ1n) is 6.08. The highest BCUT2D eigenvalue weighted by molar-refractivity contribution is 7.98. The van der Waals surface area contributed by atoms with E-state index in [1.165, 1.54) is 4.90 Å². The average Bonchev–Trinajstić information content (AvgIpc) is 2.37. The van der Waals surface area contributed by atoms with Crippen molar-refractivity contribution in [1.29, 1.82) is 0 Å². The van der Waals surface area contributed by atoms with Crippen LogP contribution in [0.25, 0.3) is 0 Å². The summed E-state index contributed by atoms with van der Waals surface area (Å²) in [6.07, 6.45) is 2.03. The monoisotopic (exact) mass is 259 g/mol. The highest BCUT2D eigenvalue weighted by Crippen LogP contribution is 2.21. The van der Waals surface area contributed by atoms with E-state index in [0.717, 1.165) is 30.1 Å². The van der Waals surface area contributed by atoms with Crippen LogP contribution < -0.4 is 5.73 Å². The van der Waals surface area contributed by atoms with Crippen LogP contribution in [-0.4, -0.2) is 9.97 Å². The standard InChI is InChI=1S/C14H17N3S/c1-2-6-11-9-13(15)17-14(16-11)10-18-12-7-4-3-5-8-12/h3-5,7-9H,2,6,10H2,1H3,(H2,15,16,17). The molecule has 0 radical (unpaired) electrons. The molecule has 2 aromatic rings. The lowest BCUT2D eigenvalue weighted by Gasteiger charge is -2.05. The Morgan fingerprint density at radius 3 is 2.67 bits per heavy atom. The molecule has 18 heavy (non-hydrogen) atoms. The molecule has 0 aliphatic rings. The summed E-state index contributed by atoms with van der Waals surface area (Å²) >= 11 is 1.73. The third-order valence-corrected chi connectivity index (χ3v) is 3.47. The van der Waals surface area contributed by atoms with Crippen molar-refractivity contribution in [2.75, 3.05) is 5.73 Å². The SMILES string of the molecule is CCCc1cc(N)nc(CSc2ccccc2)n1. The van der Waals surface area contributed by atoms with Gasteiger partial charge < -0.3 is 5.73 Å². The number of aromatic nitrogens is 2. The van der Waals surface area contributed by atoms with Crippen molar-refractivity contribution in [1.82, 2.24) is 9.97 Å². The Morgan fingerprint density at radius 1 is 1.17 bits per heavy atom. The molecule has 1 aromatic carbocycles. The zero-order valence-electron chi connectivity index (χ0n) is 10.5. The number of nitrogens with two attached hydrogens (primary N) is 1. The van der Waals surface area contributed by atoms with Gasteiger partial charge in [0.05, 0.1) is 5.75 Å². The topological polar surface area (TPSA) is 51.8 Å². The largest absolute Gasteiger partial charge is 0.384 e. The summed E-state index contributed by atoms with van der Waals surface area (Å²) in [6.45, 7) is 2.14. The Balaban J connectivity index is 2.05. The summed E-state index contributed by atoms with van der Waals surface area (Å²) in [7, 11) is 0. The Bertz CT molecular complexity index is 500. The van der Waals surface area contributed by atoms with E-state index in [-0.39, 0.29) is 0 Å². The second kappa shape index (κ2) is 6.40. The van der Waals surface area contributed by atoms with Crippen LogP contribution in [0.5, 0.6) is 0 Å². The molecule has 4 heteroatoms. The van der Waals surface area contributed by atoms with E-state index in [9.17, 15) is 0 Å². The van der Waals surface area contributed by atoms with Crippen molar-refractivity contribution < 1.29 is 0 Å². The van der Waals surface area contributed by atoms with Crippen LogP contribution >= 0.6 is 11.8 Å². The van der Waals surface area contributed by atoms with E-state index in [1.54, 1.807) is 11.8 Å². The molecule has 3 nitrogen and oxygen atoms in total. The minimum absolute atomic E-state index is 0.567. The second-order valence-corrected chi connectivity index (χ2v) is 5.10. The number of hydrogen-bond acceptors (Lipinski definition) is 4. The van der Waals surface area contributed by atoms with E-state index in [1.807, 2.05) is 24.3 Å². The van der Waals surface area contributed by atoms with E-state index < -0.39 is 0 Å². The Hall–Kier alpha value is -1.55. The van der Waals surface area contributed by atoms with Gasteiger partial charge in [0.25, 0.3) is 0 Å². The average molecular weight is 259 g/mol. The van der Waals surface area contributed by atoms with Crippen LogP contribution in [0.4, 0.5) is 5.82 Å². The lowest BCUT2D eigenvalue weighted by Crippen LogP contribution is -2.02. The molecule has 2 N–H and O–H groups in total. The molecule has 0 aliphatic carbocycles. The van der Waals surface area contributed by atoms with Gasteiger partial charge in [-0.05, 0) is 18.6 Å². The maximum absolute atomic E-state index is 5.80. The quantitative estimate of drug-likeness (QED) is 0.837. The van der Waals surface area contributed by atoms with Gasteiger partial charge in [0.2, 0.25) is 0 Å². The summed E-state index contributed by atoms with van der Waals surface area (Å²) in [5, 5.41) is 0. The van der Waals surface area contributed by atoms with Crippen molar-refractivity contribution in [2.24, 2.45) is 0 Å². The van der Waals surface area contributed by atoms with Gasteiger partial charge in [-0.2, -0.15) is 0 Å². The number of nitrogen functional groups attached to an aromatic ring is 1. The van der Waals surface area contributed by atoms with E-state index in [2.05, 4.69) is 29.0 Å². The summed E-state index contributed by atoms with van der Waals surface area (Å²) in [5.74, 6) is 2.13. The Kier molecular flexibility index (Phi) is 4.59. The van der Waals surface area contributed by atoms with Gasteiger partial charge in [0.1, 0.15) is 11.6 Å². The van der Waals surface area contributed by atoms with Gasteiger partial charge in [0.15, 0.2) is 0 Å². The molecular weight excluding hydrogens is 242 g/mol. The molecule has 0 unspecified atom stereocenters. The lowest BCUT2D eigenvalue weighted by atomic mass is 10.2. The first-order chi connectivity index (χ1) is 8.78. The Labute approximate surface area is 112 Å². The van der Waals surface area contributed by atoms with Crippen LogP contribution in [0.3, 0.4) is 0 Å². The molecule has 0 amide bonds. The highest BCUT2D eigenvalue weighted by atomic mass is 32.2. The van der Waals surface area contributed by atoms with Crippen molar-refractivity contribution >= 4 is 17.6 Å². The molecule has 1 heterocycles. The fourth-order valence-corrected chi connectivity index (χ4v) is 2.46. The molecule has 0 saturated carbocycles. The molecule has 2 rings (SSSR count). The number of hydrogen-bond donors (Lipinski definition) is 1. The Morgan fingerprint density at radius 2 is 1.94 bits per heavy atom. The molecule has 0 atom stereocenters. The van der Waals surface area contributed by atoms with Crippen molar-refractivity contribution in [3.8, 4) is 0 Å². The normalized spacial score (nSPS) is 10.5. The van der Waals surface area contributed by atoms with Crippen LogP contribution in [0.1, 0.15) is 24.9 Å².